The van der Waals surface area contributed by atoms with Crippen LogP contribution < -0.4 is 10.2 Å². The van der Waals surface area contributed by atoms with E-state index in [1.54, 1.807) is 17.9 Å². The van der Waals surface area contributed by atoms with Crippen LogP contribution >= 0.6 is 0 Å². The number of hydrogen-bond donors (Lipinski definition) is 1. The molecule has 36 heavy (non-hydrogen) atoms. The minimum atomic E-state index is -1.01. The summed E-state index contributed by atoms with van der Waals surface area (Å²) in [5, 5.41) is 21.1. The van der Waals surface area contributed by atoms with Gasteiger partial charge >= 0.3 is 0 Å². The quantitative estimate of drug-likeness (QED) is 0.619. The second-order valence-corrected chi connectivity index (χ2v) is 11.0. The van der Waals surface area contributed by atoms with E-state index in [4.69, 9.17) is 0 Å². The maximum absolute atomic E-state index is 14.1. The summed E-state index contributed by atoms with van der Waals surface area (Å²) in [6, 6.07) is 6.23. The predicted molar refractivity (Wildman–Crippen MR) is 137 cm³/mol. The maximum Gasteiger partial charge on any atom is 0.251 e. The Morgan fingerprint density at radius 3 is 2.39 bits per heavy atom. The zero-order valence-corrected chi connectivity index (χ0v) is 21.8. The Hall–Kier alpha value is -3.41. The molecule has 2 heterocycles. The number of likely N-dealkylation sites (tertiary alicyclic amines) is 1. The Labute approximate surface area is 213 Å². The summed E-state index contributed by atoms with van der Waals surface area (Å²) in [6.07, 6.45) is 10.2. The van der Waals surface area contributed by atoms with Crippen molar-refractivity contribution in [3.63, 3.8) is 0 Å². The van der Waals surface area contributed by atoms with Gasteiger partial charge in [0.1, 0.15) is 12.4 Å². The zero-order valence-electron chi connectivity index (χ0n) is 21.8. The fourth-order valence-electron chi connectivity index (χ4n) is 5.25. The standard InChI is InChI=1S/C27H37N7O2/c1-27(2,3)19-12-14-21(15-13-19)34(26(36)22-11-8-16-33(22)17-28)23(24-31-29-18-32(24)4)25(35)30-20-9-6-5-7-10-20/h12-15,18,20,22-23H,5-11,16H2,1-4H3,(H,30,35)/t22-,23?/m1/s1. The van der Waals surface area contributed by atoms with Gasteiger partial charge < -0.3 is 9.88 Å². The lowest BCUT2D eigenvalue weighted by Gasteiger charge is -2.35. The van der Waals surface area contributed by atoms with E-state index in [9.17, 15) is 14.9 Å². The minimum absolute atomic E-state index is 0.0578. The highest BCUT2D eigenvalue weighted by atomic mass is 16.2. The molecule has 1 aliphatic heterocycles. The summed E-state index contributed by atoms with van der Waals surface area (Å²) in [7, 11) is 1.78. The first-order chi connectivity index (χ1) is 17.2. The number of aryl methyl sites for hydroxylation is 1. The number of benzene rings is 1. The van der Waals surface area contributed by atoms with Crippen molar-refractivity contribution >= 4 is 17.5 Å². The van der Waals surface area contributed by atoms with E-state index in [1.807, 2.05) is 24.3 Å². The number of nitrogens with one attached hydrogen (secondary N) is 1. The summed E-state index contributed by atoms with van der Waals surface area (Å²) in [6.45, 7) is 6.93. The van der Waals surface area contributed by atoms with Crippen LogP contribution in [0.2, 0.25) is 0 Å². The fourth-order valence-corrected chi connectivity index (χ4v) is 5.25. The molecule has 1 saturated heterocycles. The van der Waals surface area contributed by atoms with Crippen LogP contribution in [-0.2, 0) is 22.1 Å². The third-order valence-electron chi connectivity index (χ3n) is 7.36. The van der Waals surface area contributed by atoms with Gasteiger partial charge in [-0.2, -0.15) is 5.26 Å². The van der Waals surface area contributed by atoms with E-state index in [1.165, 1.54) is 16.2 Å². The number of hydrogen-bond acceptors (Lipinski definition) is 6. The molecule has 1 N–H and O–H groups in total. The molecule has 1 aromatic heterocycles. The molecule has 0 radical (unpaired) electrons. The lowest BCUT2D eigenvalue weighted by atomic mass is 9.87. The Kier molecular flexibility index (Phi) is 7.62. The largest absolute Gasteiger partial charge is 0.351 e. The molecule has 1 unspecified atom stereocenters. The molecule has 1 saturated carbocycles. The smallest absolute Gasteiger partial charge is 0.251 e. The van der Waals surface area contributed by atoms with Crippen LogP contribution in [0.25, 0.3) is 0 Å². The molecule has 2 aliphatic rings. The Morgan fingerprint density at radius 2 is 1.81 bits per heavy atom. The highest BCUT2D eigenvalue weighted by molar-refractivity contribution is 6.03. The second-order valence-electron chi connectivity index (χ2n) is 11.0. The topological polar surface area (TPSA) is 107 Å². The van der Waals surface area contributed by atoms with Crippen molar-refractivity contribution in [2.24, 2.45) is 7.05 Å². The van der Waals surface area contributed by atoms with Crippen LogP contribution in [0.15, 0.2) is 30.6 Å². The van der Waals surface area contributed by atoms with Crippen molar-refractivity contribution in [2.75, 3.05) is 11.4 Å². The zero-order chi connectivity index (χ0) is 25.9. The molecule has 9 nitrogen and oxygen atoms in total. The first-order valence-electron chi connectivity index (χ1n) is 12.9. The number of anilines is 1. The molecule has 9 heteroatoms. The van der Waals surface area contributed by atoms with Crippen molar-refractivity contribution in [1.82, 2.24) is 25.0 Å². The molecule has 2 amide bonds. The summed E-state index contributed by atoms with van der Waals surface area (Å²) in [5.41, 5.74) is 1.67. The SMILES string of the molecule is Cn1cnnc1C(C(=O)NC1CCCCC1)N(C(=O)[C@H]1CCCN1C#N)c1ccc(C(C)(C)C)cc1. The highest BCUT2D eigenvalue weighted by Gasteiger charge is 2.42. The highest BCUT2D eigenvalue weighted by Crippen LogP contribution is 2.33. The normalized spacial score (nSPS) is 19.5. The fraction of sp³-hybridized carbons (Fsp3) is 0.593. The van der Waals surface area contributed by atoms with Crippen LogP contribution in [0.1, 0.15) is 83.1 Å². The number of amides is 2. The van der Waals surface area contributed by atoms with E-state index in [2.05, 4.69) is 42.5 Å². The van der Waals surface area contributed by atoms with E-state index in [-0.39, 0.29) is 23.3 Å². The van der Waals surface area contributed by atoms with Gasteiger partial charge in [-0.15, -0.1) is 10.2 Å². The average Bonchev–Trinajstić information content (AvgIpc) is 3.51. The molecule has 0 spiro atoms. The Bertz CT molecular complexity index is 1110. The number of nitriles is 1. The van der Waals surface area contributed by atoms with E-state index >= 15 is 0 Å². The van der Waals surface area contributed by atoms with Gasteiger partial charge in [0.15, 0.2) is 18.1 Å². The van der Waals surface area contributed by atoms with Gasteiger partial charge in [0.05, 0.1) is 0 Å². The monoisotopic (exact) mass is 491 g/mol. The molecule has 1 aromatic carbocycles. The summed E-state index contributed by atoms with van der Waals surface area (Å²) >= 11 is 0. The first-order valence-corrected chi connectivity index (χ1v) is 12.9. The third-order valence-corrected chi connectivity index (χ3v) is 7.36. The second kappa shape index (κ2) is 10.7. The van der Waals surface area contributed by atoms with Crippen LogP contribution in [0, 0.1) is 11.5 Å². The number of carbonyl (C=O) groups is 2. The average molecular weight is 492 g/mol. The Morgan fingerprint density at radius 1 is 1.11 bits per heavy atom. The molecule has 192 valence electrons. The molecule has 2 atom stereocenters. The van der Waals surface area contributed by atoms with Crippen LogP contribution in [0.4, 0.5) is 5.69 Å². The van der Waals surface area contributed by atoms with Crippen molar-refractivity contribution in [3.05, 3.63) is 42.0 Å². The van der Waals surface area contributed by atoms with Gasteiger partial charge in [0.25, 0.3) is 11.8 Å². The van der Waals surface area contributed by atoms with Crippen molar-refractivity contribution in [1.29, 1.82) is 5.26 Å². The van der Waals surface area contributed by atoms with Gasteiger partial charge in [-0.1, -0.05) is 52.2 Å². The van der Waals surface area contributed by atoms with E-state index in [0.29, 0.717) is 24.5 Å². The molecule has 0 bridgehead atoms. The number of nitrogens with zero attached hydrogens (tertiary/aromatic N) is 6. The molecular formula is C27H37N7O2. The summed E-state index contributed by atoms with van der Waals surface area (Å²) in [5.74, 6) is -0.157. The molecular weight excluding hydrogens is 454 g/mol. The van der Waals surface area contributed by atoms with Gasteiger partial charge in [-0.3, -0.25) is 19.4 Å². The number of aromatic nitrogens is 3. The van der Waals surface area contributed by atoms with Crippen LogP contribution in [0.5, 0.6) is 0 Å². The molecule has 4 rings (SSSR count). The minimum Gasteiger partial charge on any atom is -0.351 e. The maximum atomic E-state index is 14.1. The predicted octanol–water partition coefficient (Wildman–Crippen LogP) is 3.58. The molecule has 1 aliphatic carbocycles. The molecule has 2 aromatic rings. The Balaban J connectivity index is 1.78. The lowest BCUT2D eigenvalue weighted by Crippen LogP contribution is -2.52. The lowest BCUT2D eigenvalue weighted by molar-refractivity contribution is -0.129. The van der Waals surface area contributed by atoms with E-state index < -0.39 is 12.1 Å². The van der Waals surface area contributed by atoms with E-state index in [0.717, 1.165) is 37.7 Å². The van der Waals surface area contributed by atoms with Gasteiger partial charge in [-0.25, -0.2) is 0 Å². The first kappa shape index (κ1) is 25.7. The number of rotatable bonds is 6. The van der Waals surface area contributed by atoms with Gasteiger partial charge in [0.2, 0.25) is 0 Å². The summed E-state index contributed by atoms with van der Waals surface area (Å²) in [4.78, 5) is 31.1. The van der Waals surface area contributed by atoms with Crippen molar-refractivity contribution in [2.45, 2.75) is 89.3 Å². The van der Waals surface area contributed by atoms with Crippen molar-refractivity contribution < 1.29 is 9.59 Å². The van der Waals surface area contributed by atoms with Crippen LogP contribution in [0.3, 0.4) is 0 Å². The van der Waals surface area contributed by atoms with Gasteiger partial charge in [-0.05, 0) is 48.8 Å². The number of carbonyl (C=O) groups excluding carboxylic acids is 2. The van der Waals surface area contributed by atoms with Crippen molar-refractivity contribution in [3.8, 4) is 6.19 Å². The molecule has 2 fully saturated rings. The van der Waals surface area contributed by atoms with Crippen LogP contribution in [-0.4, -0.2) is 50.1 Å². The van der Waals surface area contributed by atoms with Gasteiger partial charge in [0, 0.05) is 25.3 Å². The summed E-state index contributed by atoms with van der Waals surface area (Å²) < 4.78 is 1.69. The third kappa shape index (κ3) is 5.38.